The van der Waals surface area contributed by atoms with Crippen LogP contribution in [-0.4, -0.2) is 30.4 Å². The Labute approximate surface area is 79.1 Å². The van der Waals surface area contributed by atoms with Crippen molar-refractivity contribution in [3.8, 4) is 0 Å². The number of nitrogens with zero attached hydrogens (tertiary/aromatic N) is 1. The number of rotatable bonds is 5. The van der Waals surface area contributed by atoms with E-state index in [9.17, 15) is 4.79 Å². The predicted octanol–water partition coefficient (Wildman–Crippen LogP) is 0.898. The molecule has 1 amide bonds. The van der Waals surface area contributed by atoms with Gasteiger partial charge in [0.2, 0.25) is 5.91 Å². The number of hydrogen-bond donors (Lipinski definition) is 1. The van der Waals surface area contributed by atoms with Crippen molar-refractivity contribution < 1.29 is 4.79 Å². The molecule has 0 atom stereocenters. The van der Waals surface area contributed by atoms with Gasteiger partial charge >= 0.3 is 0 Å². The van der Waals surface area contributed by atoms with Crippen LogP contribution in [0.5, 0.6) is 0 Å². The van der Waals surface area contributed by atoms with Crippen molar-refractivity contribution in [2.24, 2.45) is 0 Å². The molecule has 3 nitrogen and oxygen atoms in total. The molecule has 0 aliphatic carbocycles. The number of likely N-dealkylation sites (tertiary alicyclic amines) is 1. The average molecular weight is 180 g/mol. The molecule has 0 aromatic carbocycles. The Hall–Kier alpha value is -1.25. The van der Waals surface area contributed by atoms with Crippen LogP contribution in [0.15, 0.2) is 24.9 Å². The van der Waals surface area contributed by atoms with Crippen LogP contribution in [0.1, 0.15) is 12.8 Å². The van der Waals surface area contributed by atoms with Crippen molar-refractivity contribution in [2.75, 3.05) is 19.6 Å². The van der Waals surface area contributed by atoms with Gasteiger partial charge in [-0.25, -0.2) is 0 Å². The normalized spacial score (nSPS) is 16.9. The molecule has 0 unspecified atom stereocenters. The summed E-state index contributed by atoms with van der Waals surface area (Å²) in [4.78, 5) is 13.0. The zero-order valence-electron chi connectivity index (χ0n) is 7.83. The monoisotopic (exact) mass is 180 g/mol. The Bertz CT molecular complexity index is 211. The summed E-state index contributed by atoms with van der Waals surface area (Å²) in [5.41, 5.74) is 0. The Balaban J connectivity index is 2.14. The first-order valence-corrected chi connectivity index (χ1v) is 4.61. The van der Waals surface area contributed by atoms with Crippen LogP contribution in [0.3, 0.4) is 0 Å². The highest BCUT2D eigenvalue weighted by Gasteiger charge is 2.17. The summed E-state index contributed by atoms with van der Waals surface area (Å²) < 4.78 is 0. The van der Waals surface area contributed by atoms with E-state index in [0.717, 1.165) is 26.1 Å². The highest BCUT2D eigenvalue weighted by atomic mass is 16.2. The molecule has 3 heteroatoms. The zero-order valence-corrected chi connectivity index (χ0v) is 7.83. The molecule has 0 aromatic rings. The Morgan fingerprint density at radius 2 is 2.46 bits per heavy atom. The molecule has 13 heavy (non-hydrogen) atoms. The van der Waals surface area contributed by atoms with Gasteiger partial charge in [-0.3, -0.25) is 4.79 Å². The minimum Gasteiger partial charge on any atom is -0.388 e. The Morgan fingerprint density at radius 1 is 1.62 bits per heavy atom. The van der Waals surface area contributed by atoms with Crippen LogP contribution in [0, 0.1) is 0 Å². The van der Waals surface area contributed by atoms with Crippen LogP contribution in [-0.2, 0) is 4.79 Å². The first-order chi connectivity index (χ1) is 6.34. The van der Waals surface area contributed by atoms with E-state index < -0.39 is 0 Å². The zero-order chi connectivity index (χ0) is 9.52. The van der Waals surface area contributed by atoms with E-state index in [-0.39, 0.29) is 5.91 Å². The third-order valence-electron chi connectivity index (χ3n) is 2.00. The molecule has 0 aromatic heterocycles. The number of carbonyl (C=O) groups excluding carboxylic acids is 1. The summed E-state index contributed by atoms with van der Waals surface area (Å²) in [6, 6.07) is 0. The van der Waals surface area contributed by atoms with Gasteiger partial charge in [-0.2, -0.15) is 0 Å². The molecule has 1 N–H and O–H groups in total. The quantitative estimate of drug-likeness (QED) is 0.503. The maximum atomic E-state index is 11.1. The van der Waals surface area contributed by atoms with E-state index in [1.165, 1.54) is 0 Å². The van der Waals surface area contributed by atoms with Crippen molar-refractivity contribution >= 4 is 5.91 Å². The number of nitrogens with one attached hydrogen (secondary N) is 1. The molecule has 1 fully saturated rings. The largest absolute Gasteiger partial charge is 0.388 e. The van der Waals surface area contributed by atoms with Gasteiger partial charge < -0.3 is 10.2 Å². The van der Waals surface area contributed by atoms with E-state index >= 15 is 0 Å². The summed E-state index contributed by atoms with van der Waals surface area (Å²) in [5, 5.41) is 3.04. The van der Waals surface area contributed by atoms with Crippen molar-refractivity contribution in [2.45, 2.75) is 12.8 Å². The molecule has 1 aliphatic rings. The van der Waals surface area contributed by atoms with Crippen LogP contribution in [0.2, 0.25) is 0 Å². The first-order valence-electron chi connectivity index (χ1n) is 4.61. The highest BCUT2D eigenvalue weighted by molar-refractivity contribution is 5.78. The van der Waals surface area contributed by atoms with Gasteiger partial charge in [0.25, 0.3) is 0 Å². The van der Waals surface area contributed by atoms with Crippen molar-refractivity contribution in [3.05, 3.63) is 24.9 Å². The molecular weight excluding hydrogens is 164 g/mol. The second-order valence-electron chi connectivity index (χ2n) is 3.04. The van der Waals surface area contributed by atoms with E-state index in [2.05, 4.69) is 11.9 Å². The molecule has 0 saturated carbocycles. The molecule has 1 heterocycles. The van der Waals surface area contributed by atoms with Crippen LogP contribution >= 0.6 is 0 Å². The van der Waals surface area contributed by atoms with E-state index in [1.807, 2.05) is 17.2 Å². The van der Waals surface area contributed by atoms with Crippen LogP contribution in [0.4, 0.5) is 0 Å². The molecule has 0 bridgehead atoms. The van der Waals surface area contributed by atoms with Gasteiger partial charge in [0, 0.05) is 26.1 Å². The number of carbonyl (C=O) groups is 1. The summed E-state index contributed by atoms with van der Waals surface area (Å²) in [6.45, 7) is 5.99. The molecule has 72 valence electrons. The van der Waals surface area contributed by atoms with Crippen LogP contribution < -0.4 is 5.32 Å². The highest BCUT2D eigenvalue weighted by Crippen LogP contribution is 2.08. The smallest absolute Gasteiger partial charge is 0.222 e. The molecular formula is C10H16N2O. The maximum absolute atomic E-state index is 11.1. The summed E-state index contributed by atoms with van der Waals surface area (Å²) in [7, 11) is 0. The van der Waals surface area contributed by atoms with E-state index in [0.29, 0.717) is 6.42 Å². The lowest BCUT2D eigenvalue weighted by Gasteiger charge is -2.11. The average Bonchev–Trinajstić information content (AvgIpc) is 2.52. The maximum Gasteiger partial charge on any atom is 0.222 e. The third-order valence-corrected chi connectivity index (χ3v) is 2.00. The fourth-order valence-electron chi connectivity index (χ4n) is 1.31. The van der Waals surface area contributed by atoms with Gasteiger partial charge in [0.1, 0.15) is 0 Å². The lowest BCUT2D eigenvalue weighted by atomic mass is 10.4. The molecule has 1 aliphatic heterocycles. The SMILES string of the molecule is C=CCNC=CCN1CCCC1=O. The van der Waals surface area contributed by atoms with Crippen molar-refractivity contribution in [3.63, 3.8) is 0 Å². The van der Waals surface area contributed by atoms with Crippen molar-refractivity contribution in [1.82, 2.24) is 10.2 Å². The molecule has 1 rings (SSSR count). The van der Waals surface area contributed by atoms with Gasteiger partial charge in [0.05, 0.1) is 0 Å². The fourth-order valence-corrected chi connectivity index (χ4v) is 1.31. The first kappa shape index (κ1) is 9.84. The van der Waals surface area contributed by atoms with E-state index in [4.69, 9.17) is 0 Å². The predicted molar refractivity (Wildman–Crippen MR) is 53.2 cm³/mol. The number of amides is 1. The standard InChI is InChI=1S/C10H16N2O/c1-2-6-11-7-4-9-12-8-3-5-10(12)13/h2,4,7,11H,1,3,5-6,8-9H2. The minimum absolute atomic E-state index is 0.272. The van der Waals surface area contributed by atoms with E-state index in [1.54, 1.807) is 6.08 Å². The summed E-state index contributed by atoms with van der Waals surface area (Å²) in [5.74, 6) is 0.272. The molecule has 0 radical (unpaired) electrons. The lowest BCUT2D eigenvalue weighted by Crippen LogP contribution is -2.24. The minimum atomic E-state index is 0.272. The summed E-state index contributed by atoms with van der Waals surface area (Å²) >= 11 is 0. The molecule has 1 saturated heterocycles. The number of hydrogen-bond acceptors (Lipinski definition) is 2. The lowest BCUT2D eigenvalue weighted by molar-refractivity contribution is -0.127. The second kappa shape index (κ2) is 5.41. The fraction of sp³-hybridized carbons (Fsp3) is 0.500. The second-order valence-corrected chi connectivity index (χ2v) is 3.04. The van der Waals surface area contributed by atoms with Crippen LogP contribution in [0.25, 0.3) is 0 Å². The third kappa shape index (κ3) is 3.32. The van der Waals surface area contributed by atoms with Gasteiger partial charge in [-0.15, -0.1) is 6.58 Å². The summed E-state index contributed by atoms with van der Waals surface area (Å²) in [6.07, 6.45) is 7.35. The van der Waals surface area contributed by atoms with Crippen molar-refractivity contribution in [1.29, 1.82) is 0 Å². The van der Waals surface area contributed by atoms with Gasteiger partial charge in [-0.1, -0.05) is 6.08 Å². The van der Waals surface area contributed by atoms with Gasteiger partial charge in [0.15, 0.2) is 0 Å². The topological polar surface area (TPSA) is 32.3 Å². The Morgan fingerprint density at radius 3 is 3.08 bits per heavy atom. The molecule has 0 spiro atoms. The Kier molecular flexibility index (Phi) is 4.09. The van der Waals surface area contributed by atoms with Gasteiger partial charge in [-0.05, 0) is 18.7 Å².